The number of hydrogen-bond acceptors (Lipinski definition) is 5. The highest BCUT2D eigenvalue weighted by Crippen LogP contribution is 2.42. The molecule has 2 aromatic carbocycles. The highest BCUT2D eigenvalue weighted by molar-refractivity contribution is 6.06. The lowest BCUT2D eigenvalue weighted by Crippen LogP contribution is -2.31. The number of hydrogen-bond donors (Lipinski definition) is 1. The molecule has 1 unspecified atom stereocenters. The lowest BCUT2D eigenvalue weighted by Gasteiger charge is -2.27. The summed E-state index contributed by atoms with van der Waals surface area (Å²) >= 11 is 0. The fourth-order valence-electron chi connectivity index (χ4n) is 4.69. The molecule has 6 rings (SSSR count). The molecule has 1 aliphatic heterocycles. The van der Waals surface area contributed by atoms with Crippen LogP contribution in [0.25, 0.3) is 33.1 Å². The fourth-order valence-corrected chi connectivity index (χ4v) is 4.69. The second-order valence-electron chi connectivity index (χ2n) is 7.86. The third-order valence-electron chi connectivity index (χ3n) is 6.00. The third-order valence-corrected chi connectivity index (χ3v) is 6.00. The van der Waals surface area contributed by atoms with Gasteiger partial charge in [-0.25, -0.2) is 4.98 Å². The summed E-state index contributed by atoms with van der Waals surface area (Å²) in [5.41, 5.74) is 12.3. The zero-order chi connectivity index (χ0) is 19.0. The zero-order valence-corrected chi connectivity index (χ0v) is 15.4. The molecule has 0 saturated heterocycles. The van der Waals surface area contributed by atoms with Gasteiger partial charge in [0, 0.05) is 17.0 Å². The molecule has 0 saturated carbocycles. The quantitative estimate of drug-likeness (QED) is 0.554. The molecule has 2 atom stereocenters. The van der Waals surface area contributed by atoms with Crippen molar-refractivity contribution in [2.45, 2.75) is 31.8 Å². The number of fused-ring (bicyclic) bond motifs is 3. The van der Waals surface area contributed by atoms with Gasteiger partial charge in [0.05, 0.1) is 11.6 Å². The van der Waals surface area contributed by atoms with Crippen molar-refractivity contribution in [1.82, 2.24) is 9.55 Å². The van der Waals surface area contributed by atoms with Gasteiger partial charge in [-0.05, 0) is 48.6 Å². The number of benzene rings is 2. The Morgan fingerprint density at radius 1 is 1.18 bits per heavy atom. The SMILES string of the molecule is C[C@H]1COc2c(-c3ccc4c(c3)CC(N)C4)ccc3c4ocnc4c(=O)n1c23. The number of ether oxygens (including phenoxy) is 1. The molecule has 6 nitrogen and oxygen atoms in total. The van der Waals surface area contributed by atoms with E-state index in [1.165, 1.54) is 17.5 Å². The van der Waals surface area contributed by atoms with Gasteiger partial charge in [0.1, 0.15) is 6.61 Å². The summed E-state index contributed by atoms with van der Waals surface area (Å²) in [7, 11) is 0. The predicted octanol–water partition coefficient (Wildman–Crippen LogP) is 3.19. The number of oxazole rings is 1. The Morgan fingerprint density at radius 2 is 2.04 bits per heavy atom. The van der Waals surface area contributed by atoms with Gasteiger partial charge < -0.3 is 14.9 Å². The van der Waals surface area contributed by atoms with Crippen molar-refractivity contribution in [2.24, 2.45) is 5.73 Å². The van der Waals surface area contributed by atoms with Crippen LogP contribution in [0, 0.1) is 0 Å². The smallest absolute Gasteiger partial charge is 0.281 e. The molecular formula is C22H19N3O3. The minimum Gasteiger partial charge on any atom is -0.489 e. The van der Waals surface area contributed by atoms with Crippen LogP contribution in [-0.2, 0) is 12.8 Å². The van der Waals surface area contributed by atoms with Crippen LogP contribution in [0.5, 0.6) is 5.75 Å². The minimum atomic E-state index is -0.134. The molecular weight excluding hydrogens is 354 g/mol. The van der Waals surface area contributed by atoms with Crippen LogP contribution >= 0.6 is 0 Å². The van der Waals surface area contributed by atoms with Gasteiger partial charge >= 0.3 is 0 Å². The minimum absolute atomic E-state index is 0.0723. The van der Waals surface area contributed by atoms with Crippen molar-refractivity contribution in [3.05, 3.63) is 58.2 Å². The molecule has 2 N–H and O–H groups in total. The van der Waals surface area contributed by atoms with Gasteiger partial charge in [-0.15, -0.1) is 0 Å². The second kappa shape index (κ2) is 5.45. The normalized spacial score (nSPS) is 20.5. The second-order valence-corrected chi connectivity index (χ2v) is 7.86. The van der Waals surface area contributed by atoms with Crippen LogP contribution in [0.15, 0.2) is 45.9 Å². The summed E-state index contributed by atoms with van der Waals surface area (Å²) in [5, 5.41) is 0.848. The number of rotatable bonds is 1. The first-order valence-corrected chi connectivity index (χ1v) is 9.57. The van der Waals surface area contributed by atoms with Gasteiger partial charge in [-0.3, -0.25) is 9.36 Å². The lowest BCUT2D eigenvalue weighted by molar-refractivity contribution is 0.246. The van der Waals surface area contributed by atoms with Gasteiger partial charge in [0.25, 0.3) is 5.56 Å². The molecule has 3 heterocycles. The number of aromatic nitrogens is 2. The van der Waals surface area contributed by atoms with E-state index < -0.39 is 0 Å². The largest absolute Gasteiger partial charge is 0.489 e. The molecule has 1 aliphatic carbocycles. The van der Waals surface area contributed by atoms with E-state index in [-0.39, 0.29) is 17.6 Å². The molecule has 2 aromatic heterocycles. The van der Waals surface area contributed by atoms with Crippen molar-refractivity contribution in [3.8, 4) is 16.9 Å². The maximum atomic E-state index is 13.0. The Labute approximate surface area is 160 Å². The zero-order valence-electron chi connectivity index (χ0n) is 15.4. The van der Waals surface area contributed by atoms with Crippen molar-refractivity contribution in [3.63, 3.8) is 0 Å². The summed E-state index contributed by atoms with van der Waals surface area (Å²) in [4.78, 5) is 17.2. The molecule has 2 aliphatic rings. The molecule has 0 radical (unpaired) electrons. The highest BCUT2D eigenvalue weighted by atomic mass is 16.5. The van der Waals surface area contributed by atoms with Crippen molar-refractivity contribution in [1.29, 1.82) is 0 Å². The Balaban J connectivity index is 1.68. The molecule has 28 heavy (non-hydrogen) atoms. The maximum Gasteiger partial charge on any atom is 0.281 e. The van der Waals surface area contributed by atoms with E-state index in [1.54, 1.807) is 4.57 Å². The molecule has 0 spiro atoms. The summed E-state index contributed by atoms with van der Waals surface area (Å²) in [6.07, 6.45) is 3.15. The van der Waals surface area contributed by atoms with Crippen LogP contribution in [0.2, 0.25) is 0 Å². The predicted molar refractivity (Wildman–Crippen MR) is 107 cm³/mol. The van der Waals surface area contributed by atoms with E-state index in [1.807, 2.05) is 19.1 Å². The Hall–Kier alpha value is -3.12. The van der Waals surface area contributed by atoms with Crippen molar-refractivity contribution >= 4 is 22.0 Å². The lowest BCUT2D eigenvalue weighted by atomic mass is 9.97. The van der Waals surface area contributed by atoms with Crippen LogP contribution in [-0.4, -0.2) is 22.2 Å². The summed E-state index contributed by atoms with van der Waals surface area (Å²) in [6.45, 7) is 2.43. The van der Waals surface area contributed by atoms with E-state index in [4.69, 9.17) is 14.9 Å². The average molecular weight is 373 g/mol. The number of pyridine rings is 1. The number of nitrogens with two attached hydrogens (primary N) is 1. The van der Waals surface area contributed by atoms with E-state index in [2.05, 4.69) is 23.2 Å². The number of nitrogens with zero attached hydrogens (tertiary/aromatic N) is 2. The van der Waals surface area contributed by atoms with Crippen LogP contribution in [0.4, 0.5) is 0 Å². The molecule has 140 valence electrons. The van der Waals surface area contributed by atoms with Gasteiger partial charge in [0.15, 0.2) is 23.2 Å². The summed E-state index contributed by atoms with van der Waals surface area (Å²) in [6, 6.07) is 10.6. The first kappa shape index (κ1) is 15.9. The third kappa shape index (κ3) is 2.01. The fraction of sp³-hybridized carbons (Fsp3) is 0.273. The maximum absolute atomic E-state index is 13.0. The van der Waals surface area contributed by atoms with Crippen molar-refractivity contribution in [2.75, 3.05) is 6.61 Å². The van der Waals surface area contributed by atoms with Crippen molar-refractivity contribution < 1.29 is 9.15 Å². The van der Waals surface area contributed by atoms with Gasteiger partial charge in [-0.2, -0.15) is 0 Å². The highest BCUT2D eigenvalue weighted by Gasteiger charge is 2.28. The monoisotopic (exact) mass is 373 g/mol. The Bertz CT molecular complexity index is 1330. The topological polar surface area (TPSA) is 83.3 Å². The molecule has 0 bridgehead atoms. The van der Waals surface area contributed by atoms with E-state index in [0.717, 1.165) is 40.6 Å². The first-order chi connectivity index (χ1) is 13.6. The molecule has 0 amide bonds. The van der Waals surface area contributed by atoms with E-state index >= 15 is 0 Å². The molecule has 6 heteroatoms. The van der Waals surface area contributed by atoms with Crippen LogP contribution < -0.4 is 16.0 Å². The van der Waals surface area contributed by atoms with Gasteiger partial charge in [-0.1, -0.05) is 18.2 Å². The van der Waals surface area contributed by atoms with E-state index in [0.29, 0.717) is 17.7 Å². The summed E-state index contributed by atoms with van der Waals surface area (Å²) in [5.74, 6) is 0.730. The summed E-state index contributed by atoms with van der Waals surface area (Å²) < 4.78 is 13.5. The Morgan fingerprint density at radius 3 is 2.93 bits per heavy atom. The van der Waals surface area contributed by atoms with Gasteiger partial charge in [0.2, 0.25) is 0 Å². The average Bonchev–Trinajstić information content (AvgIpc) is 3.31. The van der Waals surface area contributed by atoms with E-state index in [9.17, 15) is 4.79 Å². The molecule has 4 aromatic rings. The van der Waals surface area contributed by atoms with Crippen LogP contribution in [0.1, 0.15) is 24.1 Å². The first-order valence-electron chi connectivity index (χ1n) is 9.57. The van der Waals surface area contributed by atoms with Crippen LogP contribution in [0.3, 0.4) is 0 Å². The standard InChI is InChI=1S/C22H19N3O3/c1-11-9-27-21-16(13-3-2-12-7-15(23)8-14(12)6-13)4-5-17-19(21)25(11)22(26)18-20(17)28-10-24-18/h2-6,10-11,15H,7-9,23H2,1H3/t11-,15?/m0/s1. The molecule has 0 fully saturated rings. The Kier molecular flexibility index (Phi) is 3.09.